The van der Waals surface area contributed by atoms with E-state index in [4.69, 9.17) is 9.47 Å². The van der Waals surface area contributed by atoms with Gasteiger partial charge in [-0.2, -0.15) is 0 Å². The molecule has 33 heavy (non-hydrogen) atoms. The number of carbonyl (C=O) groups excluding carboxylic acids is 1. The van der Waals surface area contributed by atoms with Gasteiger partial charge < -0.3 is 14.8 Å². The highest BCUT2D eigenvalue weighted by Crippen LogP contribution is 2.46. The molecule has 1 aliphatic carbocycles. The van der Waals surface area contributed by atoms with Crippen molar-refractivity contribution in [2.45, 2.75) is 53.9 Å². The molecule has 0 saturated heterocycles. The van der Waals surface area contributed by atoms with Crippen molar-refractivity contribution in [2.75, 3.05) is 12.4 Å². The number of anilines is 1. The van der Waals surface area contributed by atoms with Gasteiger partial charge in [-0.3, -0.25) is 4.79 Å². The van der Waals surface area contributed by atoms with Gasteiger partial charge >= 0.3 is 0 Å². The number of rotatable bonds is 6. The van der Waals surface area contributed by atoms with Crippen LogP contribution in [0.2, 0.25) is 0 Å². The average Bonchev–Trinajstić information content (AvgIpc) is 3.49. The number of amides is 1. The molecule has 2 heterocycles. The minimum absolute atomic E-state index is 0.129. The lowest BCUT2D eigenvalue weighted by Gasteiger charge is -2.24. The van der Waals surface area contributed by atoms with Crippen LogP contribution >= 0.6 is 11.3 Å². The van der Waals surface area contributed by atoms with E-state index in [2.05, 4.69) is 5.32 Å². The van der Waals surface area contributed by atoms with Crippen LogP contribution < -0.4 is 14.8 Å². The zero-order chi connectivity index (χ0) is 23.0. The summed E-state index contributed by atoms with van der Waals surface area (Å²) in [6.07, 6.45) is 5.03. The largest absolute Gasteiger partial charge is 0.497 e. The summed E-state index contributed by atoms with van der Waals surface area (Å²) in [4.78, 5) is 13.8. The molecule has 1 amide bonds. The Labute approximate surface area is 197 Å². The van der Waals surface area contributed by atoms with Crippen molar-refractivity contribution in [1.29, 1.82) is 0 Å². The molecule has 5 rings (SSSR count). The van der Waals surface area contributed by atoms with Gasteiger partial charge in [0, 0.05) is 22.6 Å². The maximum atomic E-state index is 13.4. The van der Waals surface area contributed by atoms with Crippen LogP contribution in [0.1, 0.15) is 48.5 Å². The molecule has 0 unspecified atom stereocenters. The van der Waals surface area contributed by atoms with Crippen LogP contribution in [0.4, 0.5) is 5.69 Å². The molecule has 1 N–H and O–H groups in total. The highest BCUT2D eigenvalue weighted by atomic mass is 32.2. The highest BCUT2D eigenvalue weighted by molar-refractivity contribution is 7.91. The molecule has 0 radical (unpaired) electrons. The topological polar surface area (TPSA) is 81.7 Å². The SMILES string of the molecule is COc1ccc(S(=O)(=O)c2csc3c2NC(=O)C[C@H]3c2cccc(OC3CCCC3)c2)cc1. The predicted octanol–water partition coefficient (Wildman–Crippen LogP) is 5.39. The van der Waals surface area contributed by atoms with Crippen LogP contribution in [0.3, 0.4) is 0 Å². The fourth-order valence-corrected chi connectivity index (χ4v) is 7.46. The van der Waals surface area contributed by atoms with Crippen molar-refractivity contribution >= 4 is 32.8 Å². The van der Waals surface area contributed by atoms with Gasteiger partial charge in [0.25, 0.3) is 0 Å². The van der Waals surface area contributed by atoms with E-state index in [1.165, 1.54) is 43.4 Å². The van der Waals surface area contributed by atoms with Gasteiger partial charge in [0.2, 0.25) is 15.7 Å². The Morgan fingerprint density at radius 2 is 1.79 bits per heavy atom. The zero-order valence-electron chi connectivity index (χ0n) is 18.2. The third-order valence-corrected chi connectivity index (χ3v) is 9.32. The number of thiophene rings is 1. The van der Waals surface area contributed by atoms with Gasteiger partial charge in [-0.05, 0) is 67.6 Å². The van der Waals surface area contributed by atoms with Crippen LogP contribution in [0.25, 0.3) is 0 Å². The summed E-state index contributed by atoms with van der Waals surface area (Å²) in [6, 6.07) is 14.1. The minimum atomic E-state index is -3.80. The minimum Gasteiger partial charge on any atom is -0.497 e. The molecule has 1 saturated carbocycles. The molecule has 2 aromatic carbocycles. The normalized spacial score (nSPS) is 18.6. The van der Waals surface area contributed by atoms with Crippen molar-refractivity contribution in [3.8, 4) is 11.5 Å². The van der Waals surface area contributed by atoms with Crippen molar-refractivity contribution in [3.05, 3.63) is 64.4 Å². The van der Waals surface area contributed by atoms with Crippen LogP contribution in [0, 0.1) is 0 Å². The molecular weight excluding hydrogens is 458 g/mol. The monoisotopic (exact) mass is 483 g/mol. The first-order valence-electron chi connectivity index (χ1n) is 11.0. The van der Waals surface area contributed by atoms with Gasteiger partial charge in [-0.1, -0.05) is 12.1 Å². The maximum Gasteiger partial charge on any atom is 0.225 e. The van der Waals surface area contributed by atoms with Gasteiger partial charge in [-0.15, -0.1) is 11.3 Å². The average molecular weight is 484 g/mol. The summed E-state index contributed by atoms with van der Waals surface area (Å²) < 4.78 is 38.0. The smallest absolute Gasteiger partial charge is 0.225 e. The Morgan fingerprint density at radius 1 is 1.03 bits per heavy atom. The lowest BCUT2D eigenvalue weighted by Crippen LogP contribution is -2.23. The van der Waals surface area contributed by atoms with E-state index in [9.17, 15) is 13.2 Å². The number of fused-ring (bicyclic) bond motifs is 1. The molecule has 2 aliphatic rings. The first kappa shape index (κ1) is 22.0. The molecule has 3 aromatic rings. The van der Waals surface area contributed by atoms with Crippen LogP contribution in [-0.4, -0.2) is 27.5 Å². The molecule has 0 bridgehead atoms. The number of nitrogens with one attached hydrogen (secondary N) is 1. The fourth-order valence-electron chi connectivity index (χ4n) is 4.56. The maximum absolute atomic E-state index is 13.4. The van der Waals surface area contributed by atoms with E-state index in [1.807, 2.05) is 24.3 Å². The molecule has 1 aliphatic heterocycles. The second-order valence-electron chi connectivity index (χ2n) is 8.42. The van der Waals surface area contributed by atoms with E-state index in [0.717, 1.165) is 29.0 Å². The highest BCUT2D eigenvalue weighted by Gasteiger charge is 2.34. The number of methoxy groups -OCH3 is 1. The van der Waals surface area contributed by atoms with Gasteiger partial charge in [0.1, 0.15) is 16.4 Å². The van der Waals surface area contributed by atoms with E-state index in [-0.39, 0.29) is 34.1 Å². The zero-order valence-corrected chi connectivity index (χ0v) is 19.9. The van der Waals surface area contributed by atoms with Crippen LogP contribution in [0.5, 0.6) is 11.5 Å². The van der Waals surface area contributed by atoms with Gasteiger partial charge in [0.15, 0.2) is 0 Å². The molecule has 6 nitrogen and oxygen atoms in total. The van der Waals surface area contributed by atoms with Gasteiger partial charge in [-0.25, -0.2) is 8.42 Å². The Kier molecular flexibility index (Phi) is 5.88. The first-order chi connectivity index (χ1) is 16.0. The summed E-state index contributed by atoms with van der Waals surface area (Å²) in [5, 5.41) is 4.44. The number of carbonyl (C=O) groups is 1. The van der Waals surface area contributed by atoms with Crippen LogP contribution in [0.15, 0.2) is 63.7 Å². The number of hydrogen-bond acceptors (Lipinski definition) is 6. The number of sulfone groups is 1. The predicted molar refractivity (Wildman–Crippen MR) is 127 cm³/mol. The second kappa shape index (κ2) is 8.83. The number of benzene rings is 2. The summed E-state index contributed by atoms with van der Waals surface area (Å²) >= 11 is 1.37. The molecule has 8 heteroatoms. The molecular formula is C25H25NO5S2. The second-order valence-corrected chi connectivity index (χ2v) is 11.2. The van der Waals surface area contributed by atoms with Crippen molar-refractivity contribution in [3.63, 3.8) is 0 Å². The summed E-state index contributed by atoms with van der Waals surface area (Å²) in [5.41, 5.74) is 1.34. The first-order valence-corrected chi connectivity index (χ1v) is 13.4. The quantitative estimate of drug-likeness (QED) is 0.509. The lowest BCUT2D eigenvalue weighted by atomic mass is 9.90. The van der Waals surface area contributed by atoms with Crippen molar-refractivity contribution < 1.29 is 22.7 Å². The Bertz CT molecular complexity index is 1270. The number of hydrogen-bond donors (Lipinski definition) is 1. The summed E-state index contributed by atoms with van der Waals surface area (Å²) in [6.45, 7) is 0. The van der Waals surface area contributed by atoms with Crippen molar-refractivity contribution in [2.24, 2.45) is 0 Å². The lowest BCUT2D eigenvalue weighted by molar-refractivity contribution is -0.116. The number of ether oxygens (including phenoxy) is 2. The van der Waals surface area contributed by atoms with Crippen molar-refractivity contribution in [1.82, 2.24) is 0 Å². The van der Waals surface area contributed by atoms with Crippen LogP contribution in [-0.2, 0) is 14.6 Å². The van der Waals surface area contributed by atoms with E-state index in [0.29, 0.717) is 11.4 Å². The van der Waals surface area contributed by atoms with Gasteiger partial charge in [0.05, 0.1) is 23.8 Å². The molecule has 172 valence electrons. The van der Waals surface area contributed by atoms with E-state index in [1.54, 1.807) is 17.5 Å². The molecule has 1 aromatic heterocycles. The summed E-state index contributed by atoms with van der Waals surface area (Å²) in [5.74, 6) is 0.967. The molecule has 0 spiro atoms. The molecule has 1 atom stereocenters. The Hall–Kier alpha value is -2.84. The Balaban J connectivity index is 1.49. The summed E-state index contributed by atoms with van der Waals surface area (Å²) in [7, 11) is -2.27. The third-order valence-electron chi connectivity index (χ3n) is 6.28. The third kappa shape index (κ3) is 4.25. The Morgan fingerprint density at radius 3 is 2.52 bits per heavy atom. The standard InChI is InChI=1S/C25H25NO5S2/c1-30-17-9-11-20(12-10-17)33(28,29)22-15-32-25-21(14-23(27)26-24(22)25)16-5-4-8-19(13-16)31-18-6-2-3-7-18/h4-5,8-13,15,18,21H,2-3,6-7,14H2,1H3,(H,26,27)/t21-/m0/s1. The van der Waals surface area contributed by atoms with E-state index >= 15 is 0 Å². The molecule has 1 fully saturated rings. The van der Waals surface area contributed by atoms with E-state index < -0.39 is 9.84 Å². The fraction of sp³-hybridized carbons (Fsp3) is 0.320.